The molecular weight excluding hydrogens is 402 g/mol. The van der Waals surface area contributed by atoms with Crippen LogP contribution in [0.1, 0.15) is 0 Å². The van der Waals surface area contributed by atoms with E-state index in [0.717, 1.165) is 38.7 Å². The van der Waals surface area contributed by atoms with Crippen LogP contribution in [0, 0.1) is 0 Å². The van der Waals surface area contributed by atoms with Gasteiger partial charge in [-0.15, -0.1) is 0 Å². The summed E-state index contributed by atoms with van der Waals surface area (Å²) in [5.74, 6) is 0. The number of fused-ring (bicyclic) bond motifs is 6. The second kappa shape index (κ2) is 7.04. The van der Waals surface area contributed by atoms with E-state index < -0.39 is 0 Å². The van der Waals surface area contributed by atoms with Crippen LogP contribution in [-0.2, 0) is 0 Å². The Morgan fingerprint density at radius 3 is 2.00 bits per heavy atom. The van der Waals surface area contributed by atoms with Crippen molar-refractivity contribution >= 4 is 43.6 Å². The normalized spacial score (nSPS) is 11.6. The molecule has 154 valence electrons. The zero-order valence-electron chi connectivity index (χ0n) is 17.8. The summed E-state index contributed by atoms with van der Waals surface area (Å²) in [6.07, 6.45) is 0. The van der Waals surface area contributed by atoms with Crippen LogP contribution in [0.5, 0.6) is 0 Å². The van der Waals surface area contributed by atoms with Gasteiger partial charge in [-0.3, -0.25) is 0 Å². The van der Waals surface area contributed by atoms with Gasteiger partial charge in [0.05, 0.1) is 11.2 Å². The van der Waals surface area contributed by atoms with Gasteiger partial charge in [-0.25, -0.2) is 4.98 Å². The van der Waals surface area contributed by atoms with Gasteiger partial charge >= 0.3 is 0 Å². The van der Waals surface area contributed by atoms with Crippen molar-refractivity contribution < 1.29 is 4.42 Å². The summed E-state index contributed by atoms with van der Waals surface area (Å²) in [6, 6.07) is 40.2. The van der Waals surface area contributed by atoms with Crippen molar-refractivity contribution in [2.24, 2.45) is 0 Å². The van der Waals surface area contributed by atoms with E-state index in [0.29, 0.717) is 0 Å². The van der Waals surface area contributed by atoms with Gasteiger partial charge in [0.1, 0.15) is 11.2 Å². The molecule has 5 aromatic carbocycles. The standard InChI is InChI=1S/C31H19NO/c1-2-13-26-23(10-1)24-11-3-5-14-28(24)32-31(26)22-9-7-8-20(18-22)21-16-17-30-27(19-21)25-12-4-6-15-29(25)33-30/h1-19H. The maximum atomic E-state index is 6.02. The summed E-state index contributed by atoms with van der Waals surface area (Å²) in [5, 5.41) is 5.88. The molecule has 0 aliphatic carbocycles. The van der Waals surface area contributed by atoms with E-state index in [1.807, 2.05) is 12.1 Å². The van der Waals surface area contributed by atoms with Gasteiger partial charge in [0.15, 0.2) is 0 Å². The lowest BCUT2D eigenvalue weighted by atomic mass is 9.96. The fourth-order valence-electron chi connectivity index (χ4n) is 4.88. The first-order chi connectivity index (χ1) is 16.3. The summed E-state index contributed by atoms with van der Waals surface area (Å²) >= 11 is 0. The maximum absolute atomic E-state index is 6.02. The number of para-hydroxylation sites is 2. The van der Waals surface area contributed by atoms with E-state index in [2.05, 4.69) is 103 Å². The lowest BCUT2D eigenvalue weighted by molar-refractivity contribution is 0.669. The Hall–Kier alpha value is -4.43. The quantitative estimate of drug-likeness (QED) is 0.261. The van der Waals surface area contributed by atoms with E-state index in [4.69, 9.17) is 9.40 Å². The lowest BCUT2D eigenvalue weighted by Crippen LogP contribution is -1.90. The highest BCUT2D eigenvalue weighted by Crippen LogP contribution is 2.36. The molecule has 0 saturated carbocycles. The number of aromatic nitrogens is 1. The average Bonchev–Trinajstić information content (AvgIpc) is 3.26. The summed E-state index contributed by atoms with van der Waals surface area (Å²) in [4.78, 5) is 5.08. The monoisotopic (exact) mass is 421 g/mol. The molecule has 0 aliphatic rings. The fraction of sp³-hybridized carbons (Fsp3) is 0. The Morgan fingerprint density at radius 2 is 1.09 bits per heavy atom. The molecule has 0 saturated heterocycles. The Labute approximate surface area is 190 Å². The number of hydrogen-bond donors (Lipinski definition) is 0. The third-order valence-electron chi connectivity index (χ3n) is 6.45. The molecule has 0 unspecified atom stereocenters. The summed E-state index contributed by atoms with van der Waals surface area (Å²) in [7, 11) is 0. The molecule has 7 rings (SSSR count). The van der Waals surface area contributed by atoms with Gasteiger partial charge in [0, 0.05) is 27.1 Å². The van der Waals surface area contributed by atoms with Gasteiger partial charge < -0.3 is 4.42 Å². The average molecular weight is 421 g/mol. The minimum absolute atomic E-state index is 0.915. The third-order valence-corrected chi connectivity index (χ3v) is 6.45. The lowest BCUT2D eigenvalue weighted by Gasteiger charge is -2.11. The van der Waals surface area contributed by atoms with Crippen LogP contribution in [0.15, 0.2) is 120 Å². The molecule has 0 fully saturated rings. The third kappa shape index (κ3) is 2.85. The largest absolute Gasteiger partial charge is 0.456 e. The van der Waals surface area contributed by atoms with Crippen LogP contribution in [0.25, 0.3) is 66.0 Å². The van der Waals surface area contributed by atoms with Gasteiger partial charge in [0.25, 0.3) is 0 Å². The molecule has 2 aromatic heterocycles. The number of pyridine rings is 1. The molecule has 7 aromatic rings. The molecule has 0 spiro atoms. The van der Waals surface area contributed by atoms with Gasteiger partial charge in [-0.05, 0) is 46.8 Å². The molecule has 0 aliphatic heterocycles. The molecule has 0 N–H and O–H groups in total. The second-order valence-corrected chi connectivity index (χ2v) is 8.41. The van der Waals surface area contributed by atoms with Crippen molar-refractivity contribution in [1.29, 1.82) is 0 Å². The highest BCUT2D eigenvalue weighted by molar-refractivity contribution is 6.11. The van der Waals surface area contributed by atoms with Crippen LogP contribution in [-0.4, -0.2) is 4.98 Å². The van der Waals surface area contributed by atoms with E-state index in [1.54, 1.807) is 0 Å². The Morgan fingerprint density at radius 1 is 0.424 bits per heavy atom. The zero-order valence-corrected chi connectivity index (χ0v) is 17.8. The molecule has 2 heterocycles. The Kier molecular flexibility index (Phi) is 3.88. The molecule has 0 bridgehead atoms. The number of nitrogens with zero attached hydrogens (tertiary/aromatic N) is 1. The van der Waals surface area contributed by atoms with Crippen molar-refractivity contribution in [2.45, 2.75) is 0 Å². The summed E-state index contributed by atoms with van der Waals surface area (Å²) < 4.78 is 6.02. The van der Waals surface area contributed by atoms with Gasteiger partial charge in [-0.1, -0.05) is 84.9 Å². The van der Waals surface area contributed by atoms with Crippen LogP contribution < -0.4 is 0 Å². The Balaban J connectivity index is 1.44. The van der Waals surface area contributed by atoms with E-state index in [1.165, 1.54) is 27.3 Å². The molecule has 0 radical (unpaired) electrons. The first-order valence-corrected chi connectivity index (χ1v) is 11.1. The van der Waals surface area contributed by atoms with E-state index in [-0.39, 0.29) is 0 Å². The predicted octanol–water partition coefficient (Wildman–Crippen LogP) is 8.62. The fourth-order valence-corrected chi connectivity index (χ4v) is 4.88. The predicted molar refractivity (Wildman–Crippen MR) is 137 cm³/mol. The molecule has 0 atom stereocenters. The second-order valence-electron chi connectivity index (χ2n) is 8.41. The minimum atomic E-state index is 0.915. The minimum Gasteiger partial charge on any atom is -0.456 e. The van der Waals surface area contributed by atoms with E-state index >= 15 is 0 Å². The first kappa shape index (κ1) is 18.2. The topological polar surface area (TPSA) is 26.0 Å². The molecule has 2 heteroatoms. The van der Waals surface area contributed by atoms with Crippen molar-refractivity contribution in [3.63, 3.8) is 0 Å². The van der Waals surface area contributed by atoms with Gasteiger partial charge in [-0.2, -0.15) is 0 Å². The SMILES string of the molecule is c1cc(-c2ccc3oc4ccccc4c3c2)cc(-c2nc3ccccc3c3ccccc23)c1. The van der Waals surface area contributed by atoms with Crippen LogP contribution in [0.2, 0.25) is 0 Å². The van der Waals surface area contributed by atoms with Crippen molar-refractivity contribution in [2.75, 3.05) is 0 Å². The Bertz CT molecular complexity index is 1830. The van der Waals surface area contributed by atoms with Crippen LogP contribution in [0.4, 0.5) is 0 Å². The van der Waals surface area contributed by atoms with Crippen LogP contribution in [0.3, 0.4) is 0 Å². The van der Waals surface area contributed by atoms with Gasteiger partial charge in [0.2, 0.25) is 0 Å². The summed E-state index contributed by atoms with van der Waals surface area (Å²) in [6.45, 7) is 0. The first-order valence-electron chi connectivity index (χ1n) is 11.1. The molecular formula is C31H19NO. The number of benzene rings is 5. The number of furan rings is 1. The molecule has 33 heavy (non-hydrogen) atoms. The summed E-state index contributed by atoms with van der Waals surface area (Å²) in [5.41, 5.74) is 7.32. The van der Waals surface area contributed by atoms with E-state index in [9.17, 15) is 0 Å². The number of hydrogen-bond acceptors (Lipinski definition) is 2. The van der Waals surface area contributed by atoms with Crippen LogP contribution >= 0.6 is 0 Å². The molecule has 0 amide bonds. The highest BCUT2D eigenvalue weighted by Gasteiger charge is 2.12. The van der Waals surface area contributed by atoms with Crippen molar-refractivity contribution in [1.82, 2.24) is 4.98 Å². The zero-order chi connectivity index (χ0) is 21.8. The highest BCUT2D eigenvalue weighted by atomic mass is 16.3. The number of rotatable bonds is 2. The smallest absolute Gasteiger partial charge is 0.135 e. The maximum Gasteiger partial charge on any atom is 0.135 e. The van der Waals surface area contributed by atoms with Crippen molar-refractivity contribution in [3.05, 3.63) is 115 Å². The van der Waals surface area contributed by atoms with Crippen molar-refractivity contribution in [3.8, 4) is 22.4 Å². The molecule has 2 nitrogen and oxygen atoms in total.